The largest absolute Gasteiger partial charge is 0.480 e. The third kappa shape index (κ3) is 5.64. The van der Waals surface area contributed by atoms with E-state index in [4.69, 9.17) is 9.84 Å². The maximum absolute atomic E-state index is 12.1. The molecule has 130 valence electrons. The summed E-state index contributed by atoms with van der Waals surface area (Å²) in [5.74, 6) is -2.69. The number of carboxylic acid groups (broad SMARTS) is 1. The van der Waals surface area contributed by atoms with Crippen molar-refractivity contribution >= 4 is 68.7 Å². The first-order valence-corrected chi connectivity index (χ1v) is 9.73. The van der Waals surface area contributed by atoms with Gasteiger partial charge < -0.3 is 9.84 Å². The summed E-state index contributed by atoms with van der Waals surface area (Å²) in [6, 6.07) is 0. The van der Waals surface area contributed by atoms with Crippen molar-refractivity contribution < 1.29 is 29.0 Å². The molecule has 4 unspecified atom stereocenters. The van der Waals surface area contributed by atoms with Gasteiger partial charge in [-0.15, -0.1) is 0 Å². The Bertz CT molecular complexity index is 511. The molecule has 0 radical (unpaired) electrons. The van der Waals surface area contributed by atoms with Crippen LogP contribution >= 0.6 is 45.2 Å². The van der Waals surface area contributed by atoms with E-state index in [-0.39, 0.29) is 11.6 Å². The van der Waals surface area contributed by atoms with Gasteiger partial charge in [0, 0.05) is 11.3 Å². The summed E-state index contributed by atoms with van der Waals surface area (Å²) in [7, 11) is 0. The van der Waals surface area contributed by atoms with Crippen molar-refractivity contribution in [1.29, 1.82) is 0 Å². The lowest BCUT2D eigenvalue weighted by molar-refractivity contribution is -0.151. The minimum atomic E-state index is -1.15. The number of carbonyl (C=O) groups excluding carboxylic acids is 3. The Morgan fingerprint density at radius 3 is 2.13 bits per heavy atom. The third-order valence-electron chi connectivity index (χ3n) is 3.71. The Kier molecular flexibility index (Phi) is 7.42. The number of Topliss-reactive ketones (excluding diaryl/α,β-unsaturated/α-hetero) is 2. The zero-order chi connectivity index (χ0) is 17.9. The van der Waals surface area contributed by atoms with Gasteiger partial charge in [-0.25, -0.2) is 0 Å². The highest BCUT2D eigenvalue weighted by atomic mass is 127. The summed E-state index contributed by atoms with van der Waals surface area (Å²) < 4.78 is 3.39. The second-order valence-electron chi connectivity index (χ2n) is 6.65. The van der Waals surface area contributed by atoms with E-state index in [0.29, 0.717) is 19.3 Å². The van der Waals surface area contributed by atoms with Crippen molar-refractivity contribution in [3.05, 3.63) is 0 Å². The van der Waals surface area contributed by atoms with E-state index in [0.717, 1.165) is 0 Å². The highest BCUT2D eigenvalue weighted by molar-refractivity contribution is 14.1. The Hall–Kier alpha value is -0.260. The van der Waals surface area contributed by atoms with E-state index in [9.17, 15) is 19.2 Å². The molecule has 0 heterocycles. The minimum absolute atomic E-state index is 0.202. The maximum Gasteiger partial charge on any atom is 0.326 e. The van der Waals surface area contributed by atoms with Crippen molar-refractivity contribution in [2.24, 2.45) is 11.3 Å². The number of alkyl halides is 2. The van der Waals surface area contributed by atoms with Crippen LogP contribution in [0.25, 0.3) is 0 Å². The molecule has 8 heteroatoms. The smallest absolute Gasteiger partial charge is 0.326 e. The second-order valence-corrected chi connectivity index (χ2v) is 9.14. The van der Waals surface area contributed by atoms with Crippen LogP contribution in [-0.4, -0.2) is 42.6 Å². The standard InChI is InChI=1S/C15H20I2O6/c1-15(2,3)12(19)10(17)14(22)23-8-5-4-7(6-8)11(18)9(16)13(20)21/h7-10H,4-6H2,1-3H3,(H,20,21). The SMILES string of the molecule is CC(C)(C)C(=O)C(I)C(=O)OC1CCC(C(=O)C(I)C(=O)O)C1. The first-order valence-electron chi connectivity index (χ1n) is 7.24. The monoisotopic (exact) mass is 550 g/mol. The fraction of sp³-hybridized carbons (Fsp3) is 0.733. The molecule has 0 saturated heterocycles. The van der Waals surface area contributed by atoms with Gasteiger partial charge in [-0.3, -0.25) is 19.2 Å². The van der Waals surface area contributed by atoms with E-state index >= 15 is 0 Å². The Labute approximate surface area is 162 Å². The number of esters is 1. The zero-order valence-electron chi connectivity index (χ0n) is 13.2. The van der Waals surface area contributed by atoms with E-state index < -0.39 is 37.2 Å². The minimum Gasteiger partial charge on any atom is -0.480 e. The number of hydrogen-bond donors (Lipinski definition) is 1. The van der Waals surface area contributed by atoms with Crippen molar-refractivity contribution in [2.45, 2.75) is 54.0 Å². The van der Waals surface area contributed by atoms with Crippen LogP contribution in [0.15, 0.2) is 0 Å². The number of carboxylic acids is 1. The molecule has 0 aromatic carbocycles. The van der Waals surface area contributed by atoms with Crippen molar-refractivity contribution in [1.82, 2.24) is 0 Å². The third-order valence-corrected chi connectivity index (χ3v) is 5.93. The molecule has 1 aliphatic carbocycles. The zero-order valence-corrected chi connectivity index (χ0v) is 17.5. The van der Waals surface area contributed by atoms with Gasteiger partial charge >= 0.3 is 11.9 Å². The van der Waals surface area contributed by atoms with Crippen molar-refractivity contribution in [2.75, 3.05) is 0 Å². The van der Waals surface area contributed by atoms with Gasteiger partial charge in [0.25, 0.3) is 0 Å². The van der Waals surface area contributed by atoms with Crippen LogP contribution in [0.5, 0.6) is 0 Å². The topological polar surface area (TPSA) is 97.7 Å². The molecule has 23 heavy (non-hydrogen) atoms. The van der Waals surface area contributed by atoms with Gasteiger partial charge in [0.15, 0.2) is 19.4 Å². The molecule has 1 aliphatic rings. The number of rotatable bonds is 6. The van der Waals surface area contributed by atoms with Crippen LogP contribution in [0.3, 0.4) is 0 Å². The highest BCUT2D eigenvalue weighted by Gasteiger charge is 2.39. The quantitative estimate of drug-likeness (QED) is 0.237. The van der Waals surface area contributed by atoms with Gasteiger partial charge in [-0.1, -0.05) is 66.0 Å². The lowest BCUT2D eigenvalue weighted by atomic mass is 9.89. The first kappa shape index (κ1) is 20.8. The second kappa shape index (κ2) is 8.21. The number of ketones is 2. The summed E-state index contributed by atoms with van der Waals surface area (Å²) >= 11 is 3.38. The molecule has 0 aliphatic heterocycles. The summed E-state index contributed by atoms with van der Waals surface area (Å²) in [6.45, 7) is 5.22. The molecule has 6 nitrogen and oxygen atoms in total. The van der Waals surface area contributed by atoms with Gasteiger partial charge in [-0.2, -0.15) is 0 Å². The van der Waals surface area contributed by atoms with Crippen LogP contribution in [0, 0.1) is 11.3 Å². The molecule has 0 bridgehead atoms. The fourth-order valence-corrected chi connectivity index (χ4v) is 3.93. The first-order chi connectivity index (χ1) is 10.4. The predicted molar refractivity (Wildman–Crippen MR) is 99.9 cm³/mol. The number of aliphatic carboxylic acids is 1. The van der Waals surface area contributed by atoms with Crippen LogP contribution < -0.4 is 0 Å². The molecule has 1 fully saturated rings. The summed E-state index contributed by atoms with van der Waals surface area (Å²) in [4.78, 5) is 47.0. The number of carbonyl (C=O) groups is 4. The average Bonchev–Trinajstić information content (AvgIpc) is 2.91. The maximum atomic E-state index is 12.1. The van der Waals surface area contributed by atoms with E-state index in [1.54, 1.807) is 66.0 Å². The van der Waals surface area contributed by atoms with Gasteiger partial charge in [0.2, 0.25) is 0 Å². The molecular formula is C15H20I2O6. The van der Waals surface area contributed by atoms with Gasteiger partial charge in [0.1, 0.15) is 6.10 Å². The summed E-state index contributed by atoms with van der Waals surface area (Å²) in [5.41, 5.74) is -0.630. The lowest BCUT2D eigenvalue weighted by Crippen LogP contribution is -2.36. The highest BCUT2D eigenvalue weighted by Crippen LogP contribution is 2.32. The average molecular weight is 550 g/mol. The number of hydrogen-bond acceptors (Lipinski definition) is 5. The van der Waals surface area contributed by atoms with Crippen LogP contribution in [0.2, 0.25) is 0 Å². The molecule has 0 aromatic heterocycles. The molecular weight excluding hydrogens is 530 g/mol. The molecule has 0 aromatic rings. The van der Waals surface area contributed by atoms with Gasteiger partial charge in [0.05, 0.1) is 0 Å². The fourth-order valence-electron chi connectivity index (χ4n) is 2.35. The molecule has 1 rings (SSSR count). The van der Waals surface area contributed by atoms with E-state index in [1.165, 1.54) is 0 Å². The van der Waals surface area contributed by atoms with Gasteiger partial charge in [-0.05, 0) is 19.3 Å². The van der Waals surface area contributed by atoms with Crippen molar-refractivity contribution in [3.63, 3.8) is 0 Å². The normalized spacial score (nSPS) is 23.9. The van der Waals surface area contributed by atoms with Crippen LogP contribution in [-0.2, 0) is 23.9 Å². The Morgan fingerprint density at radius 1 is 1.09 bits per heavy atom. The molecule has 0 amide bonds. The van der Waals surface area contributed by atoms with E-state index in [2.05, 4.69) is 0 Å². The lowest BCUT2D eigenvalue weighted by Gasteiger charge is -2.21. The van der Waals surface area contributed by atoms with Crippen molar-refractivity contribution in [3.8, 4) is 0 Å². The molecule has 1 saturated carbocycles. The van der Waals surface area contributed by atoms with E-state index in [1.807, 2.05) is 0 Å². The molecule has 0 spiro atoms. The Morgan fingerprint density at radius 2 is 1.65 bits per heavy atom. The molecule has 4 atom stereocenters. The van der Waals surface area contributed by atoms with Crippen LogP contribution in [0.1, 0.15) is 40.0 Å². The summed E-state index contributed by atoms with van der Waals surface area (Å²) in [6.07, 6.45) is 0.907. The predicted octanol–water partition coefficient (Wildman–Crippen LogP) is 2.57. The number of ether oxygens (including phenoxy) is 1. The molecule has 1 N–H and O–H groups in total. The number of halogens is 2. The van der Waals surface area contributed by atoms with Crippen LogP contribution in [0.4, 0.5) is 0 Å². The summed E-state index contributed by atoms with van der Waals surface area (Å²) in [5, 5.41) is 8.88. The Balaban J connectivity index is 2.58.